The van der Waals surface area contributed by atoms with E-state index in [1.807, 2.05) is 0 Å². The molecule has 4 N–H and O–H groups in total. The second-order valence-corrected chi connectivity index (χ2v) is 5.91. The van der Waals surface area contributed by atoms with Gasteiger partial charge in [-0.15, -0.1) is 0 Å². The van der Waals surface area contributed by atoms with Gasteiger partial charge >= 0.3 is 10.3 Å². The van der Waals surface area contributed by atoms with Gasteiger partial charge in [0.2, 0.25) is 5.91 Å². The van der Waals surface area contributed by atoms with Crippen LogP contribution in [0.25, 0.3) is 21.5 Å². The minimum absolute atomic E-state index is 0.0267. The Labute approximate surface area is 124 Å². The molecule has 4 aromatic carbocycles. The van der Waals surface area contributed by atoms with Gasteiger partial charge < -0.3 is 5.73 Å². The van der Waals surface area contributed by atoms with Gasteiger partial charge in [0.05, 0.1) is 0 Å². The summed E-state index contributed by atoms with van der Waals surface area (Å²) in [7, 11) is -4.68. The maximum Gasteiger partial charge on any atom is 0.359 e. The van der Waals surface area contributed by atoms with Crippen molar-refractivity contribution in [2.75, 3.05) is 0 Å². The molecule has 112 valence electrons. The topological polar surface area (TPSA) is 127 Å². The molecule has 0 aliphatic heterocycles. The van der Waals surface area contributed by atoms with Gasteiger partial charge in [0.15, 0.2) is 0 Å². The molecule has 4 rings (SSSR count). The first kappa shape index (κ1) is 14.2. The lowest BCUT2D eigenvalue weighted by molar-refractivity contribution is 0.0975. The number of amides is 2. The number of benzene rings is 4. The third-order valence-electron chi connectivity index (χ3n) is 3.40. The monoisotopic (exact) mass is 318 g/mol. The number of rotatable bonds is 3. The van der Waals surface area contributed by atoms with Gasteiger partial charge in [-0.1, -0.05) is 24.3 Å². The standard InChI is InChI=1S/C14H10N2O5S/c15-13(17)9-5-6-10(14(18)16-22(19,20)21)12-8-3-1-7(2-4-8)11(9)12/h1-6H,(H2,15,17)(H,16,18)(H,19,20,21). The average Bonchev–Trinajstić information content (AvgIpc) is 2.45. The maximum absolute atomic E-state index is 12.1. The van der Waals surface area contributed by atoms with Crippen molar-refractivity contribution >= 4 is 43.7 Å². The van der Waals surface area contributed by atoms with Crippen LogP contribution in [-0.2, 0) is 10.3 Å². The van der Waals surface area contributed by atoms with Gasteiger partial charge in [0.1, 0.15) is 0 Å². The predicted molar refractivity (Wildman–Crippen MR) is 80.2 cm³/mol. The van der Waals surface area contributed by atoms with Gasteiger partial charge in [-0.05, 0) is 22.9 Å². The molecule has 0 saturated carbocycles. The fourth-order valence-electron chi connectivity index (χ4n) is 2.57. The van der Waals surface area contributed by atoms with Crippen molar-refractivity contribution in [3.8, 4) is 0 Å². The molecule has 0 aliphatic carbocycles. The zero-order valence-corrected chi connectivity index (χ0v) is 11.8. The predicted octanol–water partition coefficient (Wildman–Crippen LogP) is 1.06. The van der Waals surface area contributed by atoms with Crippen LogP contribution in [0.4, 0.5) is 0 Å². The Morgan fingerprint density at radius 2 is 1.36 bits per heavy atom. The van der Waals surface area contributed by atoms with E-state index in [9.17, 15) is 18.0 Å². The lowest BCUT2D eigenvalue weighted by atomic mass is 9.91. The largest absolute Gasteiger partial charge is 0.366 e. The lowest BCUT2D eigenvalue weighted by Gasteiger charge is -2.13. The van der Waals surface area contributed by atoms with E-state index in [1.165, 1.54) is 16.9 Å². The minimum atomic E-state index is -4.68. The summed E-state index contributed by atoms with van der Waals surface area (Å²) in [5.74, 6) is -1.64. The van der Waals surface area contributed by atoms with E-state index in [1.54, 1.807) is 24.3 Å². The SMILES string of the molecule is NC(=O)c1ccc(C(=O)NS(=O)(=O)O)c2c3ccc(cc3)c12. The van der Waals surface area contributed by atoms with E-state index in [-0.39, 0.29) is 11.1 Å². The molecule has 4 aromatic rings. The molecule has 0 saturated heterocycles. The van der Waals surface area contributed by atoms with Crippen molar-refractivity contribution in [1.82, 2.24) is 4.72 Å². The van der Waals surface area contributed by atoms with Gasteiger partial charge in [-0.2, -0.15) is 8.42 Å². The van der Waals surface area contributed by atoms with Gasteiger partial charge in [0.25, 0.3) is 5.91 Å². The highest BCUT2D eigenvalue weighted by Crippen LogP contribution is 2.33. The van der Waals surface area contributed by atoms with Crippen LogP contribution >= 0.6 is 0 Å². The molecular formula is C14H10N2O5S. The molecule has 2 bridgehead atoms. The van der Waals surface area contributed by atoms with E-state index in [2.05, 4.69) is 0 Å². The number of hydrogen-bond donors (Lipinski definition) is 3. The molecule has 0 aliphatic rings. The number of nitrogens with one attached hydrogen (secondary N) is 1. The van der Waals surface area contributed by atoms with Gasteiger partial charge in [0, 0.05) is 21.9 Å². The van der Waals surface area contributed by atoms with Crippen molar-refractivity contribution in [3.63, 3.8) is 0 Å². The van der Waals surface area contributed by atoms with Crippen LogP contribution in [0.5, 0.6) is 0 Å². The smallest absolute Gasteiger partial charge is 0.359 e. The van der Waals surface area contributed by atoms with E-state index in [0.717, 1.165) is 0 Å². The van der Waals surface area contributed by atoms with Crippen molar-refractivity contribution in [3.05, 3.63) is 47.5 Å². The summed E-state index contributed by atoms with van der Waals surface area (Å²) >= 11 is 0. The summed E-state index contributed by atoms with van der Waals surface area (Å²) in [6.45, 7) is 0. The van der Waals surface area contributed by atoms with E-state index in [0.29, 0.717) is 21.5 Å². The Kier molecular flexibility index (Phi) is 3.01. The molecule has 0 aromatic heterocycles. The highest BCUT2D eigenvalue weighted by atomic mass is 32.2. The Hall–Kier alpha value is -2.71. The molecule has 0 spiro atoms. The third kappa shape index (κ3) is 2.24. The van der Waals surface area contributed by atoms with Crippen molar-refractivity contribution < 1.29 is 22.6 Å². The summed E-state index contributed by atoms with van der Waals surface area (Å²) in [5.41, 5.74) is 5.61. The highest BCUT2D eigenvalue weighted by Gasteiger charge is 2.20. The van der Waals surface area contributed by atoms with Crippen LogP contribution < -0.4 is 10.5 Å². The Balaban J connectivity index is 2.36. The van der Waals surface area contributed by atoms with E-state index >= 15 is 0 Å². The van der Waals surface area contributed by atoms with Crippen LogP contribution in [0.1, 0.15) is 20.7 Å². The fourth-order valence-corrected chi connectivity index (χ4v) is 2.92. The number of nitrogens with two attached hydrogens (primary N) is 1. The molecule has 0 unspecified atom stereocenters. The number of carbonyl (C=O) groups excluding carboxylic acids is 2. The van der Waals surface area contributed by atoms with E-state index < -0.39 is 22.1 Å². The molecule has 7 nitrogen and oxygen atoms in total. The first-order valence-electron chi connectivity index (χ1n) is 6.15. The molecule has 8 heteroatoms. The molecule has 0 atom stereocenters. The molecule has 0 heterocycles. The first-order valence-corrected chi connectivity index (χ1v) is 7.59. The van der Waals surface area contributed by atoms with Crippen molar-refractivity contribution in [1.29, 1.82) is 0 Å². The summed E-state index contributed by atoms with van der Waals surface area (Å²) in [4.78, 5) is 23.6. The number of fused-ring (bicyclic) bond motifs is 2. The number of carbonyl (C=O) groups is 2. The lowest BCUT2D eigenvalue weighted by Crippen LogP contribution is -2.30. The Morgan fingerprint density at radius 1 is 0.909 bits per heavy atom. The molecule has 0 radical (unpaired) electrons. The van der Waals surface area contributed by atoms with E-state index in [4.69, 9.17) is 10.3 Å². The molecule has 0 fully saturated rings. The zero-order chi connectivity index (χ0) is 16.1. The normalized spacial score (nSPS) is 11.9. The maximum atomic E-state index is 12.1. The van der Waals surface area contributed by atoms with Crippen LogP contribution in [0, 0.1) is 0 Å². The van der Waals surface area contributed by atoms with Crippen molar-refractivity contribution in [2.24, 2.45) is 5.73 Å². The summed E-state index contributed by atoms with van der Waals surface area (Å²) in [6, 6.07) is 9.69. The van der Waals surface area contributed by atoms with Crippen LogP contribution in [0.3, 0.4) is 0 Å². The average molecular weight is 318 g/mol. The summed E-state index contributed by atoms with van der Waals surface area (Å²) in [5, 5.41) is 2.24. The van der Waals surface area contributed by atoms with Gasteiger partial charge in [-0.3, -0.25) is 14.1 Å². The van der Waals surface area contributed by atoms with Crippen LogP contribution in [-0.4, -0.2) is 24.8 Å². The minimum Gasteiger partial charge on any atom is -0.366 e. The summed E-state index contributed by atoms with van der Waals surface area (Å²) < 4.78 is 31.9. The first-order chi connectivity index (χ1) is 10.3. The summed E-state index contributed by atoms with van der Waals surface area (Å²) in [6.07, 6.45) is 0. The van der Waals surface area contributed by atoms with Gasteiger partial charge in [-0.25, -0.2) is 4.72 Å². The van der Waals surface area contributed by atoms with Crippen molar-refractivity contribution in [2.45, 2.75) is 0 Å². The molecular weight excluding hydrogens is 308 g/mol. The van der Waals surface area contributed by atoms with Crippen LogP contribution in [0.2, 0.25) is 0 Å². The highest BCUT2D eigenvalue weighted by molar-refractivity contribution is 7.84. The number of primary amides is 1. The zero-order valence-electron chi connectivity index (χ0n) is 11.0. The fraction of sp³-hybridized carbons (Fsp3) is 0. The third-order valence-corrected chi connectivity index (χ3v) is 3.84. The second-order valence-electron chi connectivity index (χ2n) is 4.76. The van der Waals surface area contributed by atoms with Crippen LogP contribution in [0.15, 0.2) is 36.4 Å². The Morgan fingerprint density at radius 3 is 1.82 bits per heavy atom. The second kappa shape index (κ2) is 4.65. The molecule has 22 heavy (non-hydrogen) atoms. The Bertz CT molecular complexity index is 1010. The quantitative estimate of drug-likeness (QED) is 0.622. The molecule has 2 amide bonds. The number of hydrogen-bond acceptors (Lipinski definition) is 4.